The maximum Gasteiger partial charge on any atom is 0.387 e. The third-order valence-corrected chi connectivity index (χ3v) is 4.58. The summed E-state index contributed by atoms with van der Waals surface area (Å²) in [6.45, 7) is -2.70. The van der Waals surface area contributed by atoms with Gasteiger partial charge >= 0.3 is 6.61 Å². The van der Waals surface area contributed by atoms with E-state index in [1.54, 1.807) is 12.1 Å². The number of hydrogen-bond donors (Lipinski definition) is 2. The SMILES string of the molecule is COc1ccc(C(=O)NCCc2ccc(OCC(=O)NC3CC3)cc2)cc1OC(F)F. The summed E-state index contributed by atoms with van der Waals surface area (Å²) < 4.78 is 39.8. The Balaban J connectivity index is 1.45. The molecular weight excluding hydrogens is 410 g/mol. The molecule has 0 saturated heterocycles. The van der Waals surface area contributed by atoms with Gasteiger partial charge < -0.3 is 24.8 Å². The number of benzene rings is 2. The minimum absolute atomic E-state index is 0.0228. The molecule has 0 spiro atoms. The Morgan fingerprint density at radius 2 is 1.84 bits per heavy atom. The molecule has 1 aliphatic carbocycles. The first-order valence-corrected chi connectivity index (χ1v) is 9.86. The maximum atomic E-state index is 12.5. The van der Waals surface area contributed by atoms with E-state index in [-0.39, 0.29) is 29.6 Å². The van der Waals surface area contributed by atoms with Gasteiger partial charge in [-0.05, 0) is 55.2 Å². The van der Waals surface area contributed by atoms with Crippen LogP contribution in [0.3, 0.4) is 0 Å². The Labute approximate surface area is 178 Å². The number of hydrogen-bond acceptors (Lipinski definition) is 5. The van der Waals surface area contributed by atoms with E-state index in [9.17, 15) is 18.4 Å². The predicted octanol–water partition coefficient (Wildman–Crippen LogP) is 2.93. The molecule has 0 aliphatic heterocycles. The second kappa shape index (κ2) is 10.6. The fourth-order valence-electron chi connectivity index (χ4n) is 2.83. The smallest absolute Gasteiger partial charge is 0.387 e. The lowest BCUT2D eigenvalue weighted by Gasteiger charge is -2.12. The number of rotatable bonds is 11. The average molecular weight is 434 g/mol. The Bertz CT molecular complexity index is 901. The molecule has 166 valence electrons. The van der Waals surface area contributed by atoms with Crippen LogP contribution in [0.5, 0.6) is 17.2 Å². The highest BCUT2D eigenvalue weighted by Gasteiger charge is 2.23. The van der Waals surface area contributed by atoms with Crippen molar-refractivity contribution in [1.29, 1.82) is 0 Å². The molecule has 0 heterocycles. The number of nitrogens with one attached hydrogen (secondary N) is 2. The van der Waals surface area contributed by atoms with Gasteiger partial charge in [0.1, 0.15) is 5.75 Å². The molecule has 0 bridgehead atoms. The zero-order valence-electron chi connectivity index (χ0n) is 17.0. The first-order valence-electron chi connectivity index (χ1n) is 9.86. The van der Waals surface area contributed by atoms with Gasteiger partial charge in [0.15, 0.2) is 18.1 Å². The topological polar surface area (TPSA) is 85.9 Å². The third kappa shape index (κ3) is 7.13. The van der Waals surface area contributed by atoms with Crippen LogP contribution >= 0.6 is 0 Å². The van der Waals surface area contributed by atoms with Gasteiger partial charge in [-0.3, -0.25) is 9.59 Å². The summed E-state index contributed by atoms with van der Waals surface area (Å²) in [6, 6.07) is 11.6. The van der Waals surface area contributed by atoms with Gasteiger partial charge in [0.05, 0.1) is 7.11 Å². The Kier molecular flexibility index (Phi) is 7.64. The minimum atomic E-state index is -3.02. The summed E-state index contributed by atoms with van der Waals surface area (Å²) in [7, 11) is 1.33. The molecule has 1 aliphatic rings. The van der Waals surface area contributed by atoms with E-state index >= 15 is 0 Å². The number of alkyl halides is 2. The molecule has 31 heavy (non-hydrogen) atoms. The van der Waals surface area contributed by atoms with Crippen LogP contribution in [-0.2, 0) is 11.2 Å². The summed E-state index contributed by atoms with van der Waals surface area (Å²) >= 11 is 0. The molecule has 0 radical (unpaired) electrons. The highest BCUT2D eigenvalue weighted by Crippen LogP contribution is 2.29. The second-order valence-electron chi connectivity index (χ2n) is 7.02. The Morgan fingerprint density at radius 3 is 2.48 bits per heavy atom. The highest BCUT2D eigenvalue weighted by molar-refractivity contribution is 5.94. The Morgan fingerprint density at radius 1 is 1.10 bits per heavy atom. The highest BCUT2D eigenvalue weighted by atomic mass is 19.3. The standard InChI is InChI=1S/C22H24F2N2O5/c1-29-18-9-4-15(12-19(18)31-22(23)24)21(28)25-11-10-14-2-7-17(8-3-14)30-13-20(27)26-16-5-6-16/h2-4,7-9,12,16,22H,5-6,10-11,13H2,1H3,(H,25,28)(H,26,27). The van der Waals surface area contributed by atoms with Gasteiger partial charge in [-0.2, -0.15) is 8.78 Å². The van der Waals surface area contributed by atoms with Gasteiger partial charge in [0, 0.05) is 18.2 Å². The summed E-state index contributed by atoms with van der Waals surface area (Å²) in [5.74, 6) is -0.0439. The number of carbonyl (C=O) groups is 2. The second-order valence-corrected chi connectivity index (χ2v) is 7.02. The van der Waals surface area contributed by atoms with Crippen molar-refractivity contribution < 1.29 is 32.6 Å². The van der Waals surface area contributed by atoms with Crippen LogP contribution in [0.1, 0.15) is 28.8 Å². The number of methoxy groups -OCH3 is 1. The molecule has 2 amide bonds. The van der Waals surface area contributed by atoms with Gasteiger partial charge in [0.25, 0.3) is 11.8 Å². The van der Waals surface area contributed by atoms with Gasteiger partial charge in [-0.15, -0.1) is 0 Å². The van der Waals surface area contributed by atoms with E-state index in [0.29, 0.717) is 24.8 Å². The summed E-state index contributed by atoms with van der Waals surface area (Å²) in [4.78, 5) is 23.9. The van der Waals surface area contributed by atoms with Gasteiger partial charge in [-0.25, -0.2) is 0 Å². The molecule has 1 fully saturated rings. The first-order chi connectivity index (χ1) is 14.9. The van der Waals surface area contributed by atoms with E-state index in [4.69, 9.17) is 9.47 Å². The number of amides is 2. The lowest BCUT2D eigenvalue weighted by atomic mass is 10.1. The van der Waals surface area contributed by atoms with Crippen LogP contribution in [0.25, 0.3) is 0 Å². The predicted molar refractivity (Wildman–Crippen MR) is 109 cm³/mol. The third-order valence-electron chi connectivity index (χ3n) is 4.58. The lowest BCUT2D eigenvalue weighted by molar-refractivity contribution is -0.123. The number of carbonyl (C=O) groups excluding carboxylic acids is 2. The molecule has 1 saturated carbocycles. The molecule has 7 nitrogen and oxygen atoms in total. The fraction of sp³-hybridized carbons (Fsp3) is 0.364. The zero-order valence-corrected chi connectivity index (χ0v) is 17.0. The van der Waals surface area contributed by atoms with Crippen molar-refractivity contribution >= 4 is 11.8 Å². The zero-order chi connectivity index (χ0) is 22.2. The summed E-state index contributed by atoms with van der Waals surface area (Å²) in [6.07, 6.45) is 2.62. The van der Waals surface area contributed by atoms with Crippen LogP contribution in [0.15, 0.2) is 42.5 Å². The molecule has 2 aromatic rings. The van der Waals surface area contributed by atoms with Gasteiger partial charge in [0.2, 0.25) is 0 Å². The molecule has 2 N–H and O–H groups in total. The first kappa shape index (κ1) is 22.3. The molecule has 9 heteroatoms. The molecule has 0 atom stereocenters. The molecule has 0 unspecified atom stereocenters. The molecule has 0 aromatic heterocycles. The molecular formula is C22H24F2N2O5. The Hall–Kier alpha value is -3.36. The van der Waals surface area contributed by atoms with E-state index in [2.05, 4.69) is 15.4 Å². The van der Waals surface area contributed by atoms with Crippen LogP contribution in [0, 0.1) is 0 Å². The van der Waals surface area contributed by atoms with E-state index in [1.165, 1.54) is 25.3 Å². The van der Waals surface area contributed by atoms with Crippen LogP contribution in [0.4, 0.5) is 8.78 Å². The maximum absolute atomic E-state index is 12.5. The van der Waals surface area contributed by atoms with E-state index < -0.39 is 12.5 Å². The number of ether oxygens (including phenoxy) is 3. The average Bonchev–Trinajstić information content (AvgIpc) is 3.56. The van der Waals surface area contributed by atoms with E-state index in [0.717, 1.165) is 18.4 Å². The van der Waals surface area contributed by atoms with Crippen molar-refractivity contribution in [2.75, 3.05) is 20.3 Å². The van der Waals surface area contributed by atoms with E-state index in [1.807, 2.05) is 12.1 Å². The van der Waals surface area contributed by atoms with Crippen molar-refractivity contribution in [3.05, 3.63) is 53.6 Å². The summed E-state index contributed by atoms with van der Waals surface area (Å²) in [5.41, 5.74) is 1.15. The van der Waals surface area contributed by atoms with Crippen LogP contribution in [0.2, 0.25) is 0 Å². The normalized spacial score (nSPS) is 12.9. The fourth-order valence-corrected chi connectivity index (χ4v) is 2.83. The van der Waals surface area contributed by atoms with Crippen molar-refractivity contribution in [3.8, 4) is 17.2 Å². The molecule has 3 rings (SSSR count). The van der Waals surface area contributed by atoms with Crippen LogP contribution in [-0.4, -0.2) is 44.7 Å². The van der Waals surface area contributed by atoms with Gasteiger partial charge in [-0.1, -0.05) is 12.1 Å². The largest absolute Gasteiger partial charge is 0.493 e. The molecule has 2 aromatic carbocycles. The van der Waals surface area contributed by atoms with Crippen molar-refractivity contribution in [2.45, 2.75) is 31.9 Å². The lowest BCUT2D eigenvalue weighted by Crippen LogP contribution is -2.30. The van der Waals surface area contributed by atoms with Crippen molar-refractivity contribution in [3.63, 3.8) is 0 Å². The number of halogens is 2. The summed E-state index contributed by atoms with van der Waals surface area (Å²) in [5, 5.41) is 5.59. The van der Waals surface area contributed by atoms with Crippen molar-refractivity contribution in [1.82, 2.24) is 10.6 Å². The van der Waals surface area contributed by atoms with Crippen molar-refractivity contribution in [2.24, 2.45) is 0 Å². The van der Waals surface area contributed by atoms with Crippen LogP contribution < -0.4 is 24.8 Å². The monoisotopic (exact) mass is 434 g/mol. The minimum Gasteiger partial charge on any atom is -0.493 e. The quantitative estimate of drug-likeness (QED) is 0.568.